The Hall–Kier alpha value is -1.79. The van der Waals surface area contributed by atoms with E-state index in [9.17, 15) is 13.5 Å². The zero-order valence-electron chi connectivity index (χ0n) is 8.08. The van der Waals surface area contributed by atoms with Crippen LogP contribution in [0.25, 0.3) is 10.8 Å². The Morgan fingerprint density at radius 3 is 2.44 bits per heavy atom. The van der Waals surface area contributed by atoms with Gasteiger partial charge in [0.2, 0.25) is 0 Å². The Labute approximate surface area is 91.9 Å². The van der Waals surface area contributed by atoms with Gasteiger partial charge in [-0.25, -0.2) is 0 Å². The maximum absolute atomic E-state index is 11.1. The maximum atomic E-state index is 11.1. The molecule has 2 rings (SSSR count). The highest BCUT2D eigenvalue weighted by molar-refractivity contribution is 7.86. The average molecular weight is 239 g/mol. The van der Waals surface area contributed by atoms with Crippen LogP contribution in [0, 0.1) is 0 Å². The fraction of sp³-hybridized carbons (Fsp3) is 0. The third-order valence-corrected chi connectivity index (χ3v) is 3.19. The molecule has 0 unspecified atom stereocenters. The molecule has 0 aromatic heterocycles. The molecule has 0 bridgehead atoms. The van der Waals surface area contributed by atoms with Crippen LogP contribution in [-0.4, -0.2) is 18.1 Å². The Kier molecular flexibility index (Phi) is 2.25. The molecule has 0 heterocycles. The van der Waals surface area contributed by atoms with Crippen molar-refractivity contribution in [1.82, 2.24) is 0 Å². The molecule has 0 saturated heterocycles. The van der Waals surface area contributed by atoms with Crippen LogP contribution in [0.3, 0.4) is 0 Å². The predicted molar refractivity (Wildman–Crippen MR) is 59.8 cm³/mol. The first kappa shape index (κ1) is 10.7. The second kappa shape index (κ2) is 3.36. The number of nitrogens with two attached hydrogens (primary N) is 1. The minimum absolute atomic E-state index is 0.0324. The summed E-state index contributed by atoms with van der Waals surface area (Å²) in [5.41, 5.74) is 5.98. The van der Waals surface area contributed by atoms with E-state index in [4.69, 9.17) is 10.3 Å². The van der Waals surface area contributed by atoms with E-state index in [0.29, 0.717) is 11.1 Å². The molecule has 0 aliphatic rings. The van der Waals surface area contributed by atoms with Crippen LogP contribution in [-0.2, 0) is 10.1 Å². The molecular formula is C10H9NO4S. The van der Waals surface area contributed by atoms with E-state index in [1.807, 2.05) is 0 Å². The predicted octanol–water partition coefficient (Wildman–Crippen LogP) is 1.37. The molecule has 0 radical (unpaired) electrons. The number of rotatable bonds is 1. The molecule has 0 atom stereocenters. The second-order valence-electron chi connectivity index (χ2n) is 3.33. The summed E-state index contributed by atoms with van der Waals surface area (Å²) in [5, 5.41) is 10.0. The molecule has 0 saturated carbocycles. The lowest BCUT2D eigenvalue weighted by atomic mass is 10.1. The van der Waals surface area contributed by atoms with Gasteiger partial charge in [0.15, 0.2) is 0 Å². The van der Waals surface area contributed by atoms with Crippen LogP contribution in [0.2, 0.25) is 0 Å². The zero-order chi connectivity index (χ0) is 11.9. The Bertz CT molecular complexity index is 664. The fourth-order valence-electron chi connectivity index (χ4n) is 1.59. The Morgan fingerprint density at radius 1 is 1.12 bits per heavy atom. The minimum Gasteiger partial charge on any atom is -0.507 e. The average Bonchev–Trinajstić information content (AvgIpc) is 2.18. The summed E-state index contributed by atoms with van der Waals surface area (Å²) >= 11 is 0. The first-order valence-corrected chi connectivity index (χ1v) is 5.83. The van der Waals surface area contributed by atoms with Gasteiger partial charge in [-0.05, 0) is 18.2 Å². The molecule has 6 heteroatoms. The van der Waals surface area contributed by atoms with Crippen molar-refractivity contribution in [3.63, 3.8) is 0 Å². The van der Waals surface area contributed by atoms with Crippen LogP contribution < -0.4 is 5.73 Å². The first-order valence-electron chi connectivity index (χ1n) is 4.39. The highest BCUT2D eigenvalue weighted by atomic mass is 32.2. The summed E-state index contributed by atoms with van der Waals surface area (Å²) in [6, 6.07) is 6.97. The van der Waals surface area contributed by atoms with Gasteiger partial charge in [-0.15, -0.1) is 0 Å². The lowest BCUT2D eigenvalue weighted by Gasteiger charge is -2.07. The van der Waals surface area contributed by atoms with E-state index >= 15 is 0 Å². The molecule has 4 N–H and O–H groups in total. The summed E-state index contributed by atoms with van der Waals surface area (Å²) in [7, 11) is -4.38. The number of aromatic hydroxyl groups is 1. The lowest BCUT2D eigenvalue weighted by molar-refractivity contribution is 0.474. The fourth-order valence-corrected chi connectivity index (χ4v) is 2.31. The molecule has 5 nitrogen and oxygen atoms in total. The molecular weight excluding hydrogens is 230 g/mol. The van der Waals surface area contributed by atoms with Gasteiger partial charge in [-0.2, -0.15) is 8.42 Å². The van der Waals surface area contributed by atoms with E-state index in [-0.39, 0.29) is 16.0 Å². The van der Waals surface area contributed by atoms with Gasteiger partial charge in [0.05, 0.1) is 0 Å². The van der Waals surface area contributed by atoms with E-state index in [1.54, 1.807) is 12.1 Å². The third-order valence-electron chi connectivity index (χ3n) is 2.29. The second-order valence-corrected chi connectivity index (χ2v) is 4.72. The third kappa shape index (κ3) is 1.58. The van der Waals surface area contributed by atoms with Gasteiger partial charge in [0, 0.05) is 16.5 Å². The Morgan fingerprint density at radius 2 is 1.81 bits per heavy atom. The van der Waals surface area contributed by atoms with Crippen LogP contribution in [0.15, 0.2) is 35.2 Å². The van der Waals surface area contributed by atoms with Crippen LogP contribution in [0.4, 0.5) is 5.69 Å². The molecule has 0 aliphatic carbocycles. The number of nitrogen functional groups attached to an aromatic ring is 1. The SMILES string of the molecule is Nc1ccc(S(=O)(=O)O)c2c(O)cccc12. The summed E-state index contributed by atoms with van der Waals surface area (Å²) in [6.07, 6.45) is 0. The first-order chi connectivity index (χ1) is 7.41. The van der Waals surface area contributed by atoms with Gasteiger partial charge < -0.3 is 10.8 Å². The van der Waals surface area contributed by atoms with Crippen LogP contribution in [0.1, 0.15) is 0 Å². The minimum atomic E-state index is -4.38. The highest BCUT2D eigenvalue weighted by Crippen LogP contribution is 2.33. The maximum Gasteiger partial charge on any atom is 0.295 e. The number of anilines is 1. The molecule has 84 valence electrons. The zero-order valence-corrected chi connectivity index (χ0v) is 8.90. The quantitative estimate of drug-likeness (QED) is 0.515. The van der Waals surface area contributed by atoms with Gasteiger partial charge >= 0.3 is 0 Å². The van der Waals surface area contributed by atoms with Gasteiger partial charge in [-0.3, -0.25) is 4.55 Å². The van der Waals surface area contributed by atoms with Crippen molar-refractivity contribution in [3.8, 4) is 5.75 Å². The van der Waals surface area contributed by atoms with E-state index in [1.165, 1.54) is 12.1 Å². The van der Waals surface area contributed by atoms with Crippen molar-refractivity contribution in [2.45, 2.75) is 4.90 Å². The number of phenols is 1. The molecule has 0 aliphatic heterocycles. The van der Waals surface area contributed by atoms with Crippen molar-refractivity contribution in [1.29, 1.82) is 0 Å². The summed E-state index contributed by atoms with van der Waals surface area (Å²) in [6.45, 7) is 0. The monoisotopic (exact) mass is 239 g/mol. The molecule has 2 aromatic carbocycles. The highest BCUT2D eigenvalue weighted by Gasteiger charge is 2.17. The largest absolute Gasteiger partial charge is 0.507 e. The van der Waals surface area contributed by atoms with Crippen molar-refractivity contribution < 1.29 is 18.1 Å². The van der Waals surface area contributed by atoms with Crippen LogP contribution >= 0.6 is 0 Å². The normalized spacial score (nSPS) is 11.8. The number of phenolic OH excluding ortho intramolecular Hbond substituents is 1. The number of hydrogen-bond donors (Lipinski definition) is 3. The summed E-state index contributed by atoms with van der Waals surface area (Å²) < 4.78 is 31.3. The van der Waals surface area contributed by atoms with Crippen molar-refractivity contribution in [3.05, 3.63) is 30.3 Å². The topological polar surface area (TPSA) is 101 Å². The van der Waals surface area contributed by atoms with Gasteiger partial charge in [-0.1, -0.05) is 12.1 Å². The van der Waals surface area contributed by atoms with E-state index in [0.717, 1.165) is 6.07 Å². The molecule has 0 spiro atoms. The summed E-state index contributed by atoms with van der Waals surface area (Å²) in [4.78, 5) is -0.352. The molecule has 0 amide bonds. The van der Waals surface area contributed by atoms with Gasteiger partial charge in [0.25, 0.3) is 10.1 Å². The van der Waals surface area contributed by atoms with Crippen molar-refractivity contribution in [2.75, 3.05) is 5.73 Å². The standard InChI is InChI=1S/C10H9NO4S/c11-7-4-5-9(16(13,14)15)10-6(7)2-1-3-8(10)12/h1-5,12H,11H2,(H,13,14,15). The molecule has 16 heavy (non-hydrogen) atoms. The number of fused-ring (bicyclic) bond motifs is 1. The molecule has 0 fully saturated rings. The van der Waals surface area contributed by atoms with Crippen molar-refractivity contribution in [2.24, 2.45) is 0 Å². The number of hydrogen-bond acceptors (Lipinski definition) is 4. The van der Waals surface area contributed by atoms with Crippen LogP contribution in [0.5, 0.6) is 5.75 Å². The van der Waals surface area contributed by atoms with E-state index < -0.39 is 10.1 Å². The molecule has 2 aromatic rings. The van der Waals surface area contributed by atoms with Gasteiger partial charge in [0.1, 0.15) is 10.6 Å². The Balaban J connectivity index is 3.04. The number of benzene rings is 2. The van der Waals surface area contributed by atoms with E-state index in [2.05, 4.69) is 0 Å². The lowest BCUT2D eigenvalue weighted by Crippen LogP contribution is -2.00. The smallest absolute Gasteiger partial charge is 0.295 e. The van der Waals surface area contributed by atoms with Crippen molar-refractivity contribution >= 4 is 26.6 Å². The summed E-state index contributed by atoms with van der Waals surface area (Å²) in [5.74, 6) is -0.238.